The first kappa shape index (κ1) is 15.8. The number of aromatic nitrogens is 1. The molecule has 0 saturated carbocycles. The molecule has 1 aliphatic rings. The van der Waals surface area contributed by atoms with Gasteiger partial charge in [0, 0.05) is 36.8 Å². The molecule has 0 aliphatic carbocycles. The normalized spacial score (nSPS) is 19.8. The van der Waals surface area contributed by atoms with Crippen molar-refractivity contribution in [2.24, 2.45) is 0 Å². The molecule has 2 unspecified atom stereocenters. The smallest absolute Gasteiger partial charge is 0.310 e. The van der Waals surface area contributed by atoms with Gasteiger partial charge in [0.05, 0.1) is 6.42 Å². The first-order chi connectivity index (χ1) is 12.3. The molecule has 1 fully saturated rings. The average molecular weight is 332 g/mol. The second kappa shape index (κ2) is 7.03. The van der Waals surface area contributed by atoms with Crippen LogP contribution in [0.15, 0.2) is 67.0 Å². The lowest BCUT2D eigenvalue weighted by atomic mass is 9.96. The number of rotatable bonds is 4. The Morgan fingerprint density at radius 3 is 2.84 bits per heavy atom. The van der Waals surface area contributed by atoms with Crippen LogP contribution in [0.3, 0.4) is 0 Å². The van der Waals surface area contributed by atoms with Gasteiger partial charge in [0.25, 0.3) is 0 Å². The molecule has 126 valence electrons. The molecule has 0 amide bonds. The van der Waals surface area contributed by atoms with Crippen molar-refractivity contribution in [3.63, 3.8) is 0 Å². The van der Waals surface area contributed by atoms with Crippen LogP contribution in [0.1, 0.15) is 17.0 Å². The molecule has 4 heteroatoms. The maximum atomic E-state index is 12.5. The maximum Gasteiger partial charge on any atom is 0.310 e. The fourth-order valence-corrected chi connectivity index (χ4v) is 3.52. The SMILES string of the molecule is O=C(Cc1cccc2cnccc12)OC1CNCC1c1ccccc1. The number of carbonyl (C=O) groups excluding carboxylic acids is 1. The summed E-state index contributed by atoms with van der Waals surface area (Å²) in [4.78, 5) is 16.7. The summed E-state index contributed by atoms with van der Waals surface area (Å²) in [6, 6.07) is 18.1. The van der Waals surface area contributed by atoms with Crippen LogP contribution < -0.4 is 5.32 Å². The zero-order valence-corrected chi connectivity index (χ0v) is 13.9. The third-order valence-electron chi connectivity index (χ3n) is 4.77. The number of hydrogen-bond donors (Lipinski definition) is 1. The van der Waals surface area contributed by atoms with Gasteiger partial charge in [-0.3, -0.25) is 9.78 Å². The number of ether oxygens (including phenoxy) is 1. The molecule has 1 aliphatic heterocycles. The van der Waals surface area contributed by atoms with E-state index in [-0.39, 0.29) is 24.4 Å². The van der Waals surface area contributed by atoms with Crippen LogP contribution in [-0.4, -0.2) is 30.1 Å². The monoisotopic (exact) mass is 332 g/mol. The Labute approximate surface area is 146 Å². The fraction of sp³-hybridized carbons (Fsp3) is 0.238. The second-order valence-corrected chi connectivity index (χ2v) is 6.39. The number of benzene rings is 2. The van der Waals surface area contributed by atoms with Gasteiger partial charge in [0.15, 0.2) is 0 Å². The molecule has 25 heavy (non-hydrogen) atoms. The van der Waals surface area contributed by atoms with Crippen LogP contribution in [0.2, 0.25) is 0 Å². The lowest BCUT2D eigenvalue weighted by molar-refractivity contribution is -0.147. The number of nitrogens with one attached hydrogen (secondary N) is 1. The molecule has 3 aromatic rings. The van der Waals surface area contributed by atoms with Gasteiger partial charge in [0.1, 0.15) is 6.10 Å². The zero-order chi connectivity index (χ0) is 17.1. The van der Waals surface area contributed by atoms with E-state index in [0.717, 1.165) is 22.9 Å². The van der Waals surface area contributed by atoms with Gasteiger partial charge in [-0.15, -0.1) is 0 Å². The van der Waals surface area contributed by atoms with Crippen LogP contribution in [-0.2, 0) is 16.0 Å². The molecule has 1 saturated heterocycles. The van der Waals surface area contributed by atoms with Crippen molar-refractivity contribution in [2.45, 2.75) is 18.4 Å². The Morgan fingerprint density at radius 1 is 1.08 bits per heavy atom. The largest absolute Gasteiger partial charge is 0.460 e. The number of hydrogen-bond acceptors (Lipinski definition) is 4. The first-order valence-corrected chi connectivity index (χ1v) is 8.58. The van der Waals surface area contributed by atoms with Crippen molar-refractivity contribution < 1.29 is 9.53 Å². The molecular weight excluding hydrogens is 312 g/mol. The number of pyridine rings is 1. The number of nitrogens with zero attached hydrogens (tertiary/aromatic N) is 1. The minimum absolute atomic E-state index is 0.119. The highest BCUT2D eigenvalue weighted by molar-refractivity contribution is 5.88. The van der Waals surface area contributed by atoms with Crippen molar-refractivity contribution in [3.05, 3.63) is 78.1 Å². The quantitative estimate of drug-likeness (QED) is 0.746. The maximum absolute atomic E-state index is 12.5. The highest BCUT2D eigenvalue weighted by atomic mass is 16.5. The van der Waals surface area contributed by atoms with E-state index in [1.807, 2.05) is 48.7 Å². The lowest BCUT2D eigenvalue weighted by Crippen LogP contribution is -2.26. The number of fused-ring (bicyclic) bond motifs is 1. The molecule has 4 rings (SSSR count). The van der Waals surface area contributed by atoms with Crippen LogP contribution in [0.25, 0.3) is 10.8 Å². The summed E-state index contributed by atoms with van der Waals surface area (Å²) in [6.45, 7) is 1.53. The van der Waals surface area contributed by atoms with E-state index < -0.39 is 0 Å². The molecule has 0 radical (unpaired) electrons. The predicted molar refractivity (Wildman–Crippen MR) is 97.4 cm³/mol. The third-order valence-corrected chi connectivity index (χ3v) is 4.77. The molecular formula is C21H20N2O2. The van der Waals surface area contributed by atoms with Crippen LogP contribution in [0.4, 0.5) is 0 Å². The summed E-state index contributed by atoms with van der Waals surface area (Å²) in [5.74, 6) is 0.0285. The molecule has 1 N–H and O–H groups in total. The van der Waals surface area contributed by atoms with E-state index in [1.54, 1.807) is 6.20 Å². The van der Waals surface area contributed by atoms with Crippen molar-refractivity contribution in [1.29, 1.82) is 0 Å². The average Bonchev–Trinajstić information content (AvgIpc) is 3.11. The van der Waals surface area contributed by atoms with Gasteiger partial charge in [-0.25, -0.2) is 0 Å². The Hall–Kier alpha value is -2.72. The summed E-state index contributed by atoms with van der Waals surface area (Å²) < 4.78 is 5.81. The van der Waals surface area contributed by atoms with Gasteiger partial charge >= 0.3 is 5.97 Å². The molecule has 0 spiro atoms. The predicted octanol–water partition coefficient (Wildman–Crippen LogP) is 3.08. The highest BCUT2D eigenvalue weighted by Crippen LogP contribution is 2.26. The Kier molecular flexibility index (Phi) is 4.44. The third kappa shape index (κ3) is 3.39. The van der Waals surface area contributed by atoms with Crippen LogP contribution in [0, 0.1) is 0 Å². The van der Waals surface area contributed by atoms with Gasteiger partial charge < -0.3 is 10.1 Å². The van der Waals surface area contributed by atoms with E-state index >= 15 is 0 Å². The molecule has 2 atom stereocenters. The van der Waals surface area contributed by atoms with Gasteiger partial charge in [-0.05, 0) is 22.6 Å². The molecule has 2 heterocycles. The van der Waals surface area contributed by atoms with Crippen molar-refractivity contribution in [3.8, 4) is 0 Å². The molecule has 2 aromatic carbocycles. The molecule has 4 nitrogen and oxygen atoms in total. The van der Waals surface area contributed by atoms with E-state index in [1.165, 1.54) is 5.56 Å². The van der Waals surface area contributed by atoms with Crippen LogP contribution >= 0.6 is 0 Å². The van der Waals surface area contributed by atoms with Crippen molar-refractivity contribution in [2.75, 3.05) is 13.1 Å². The van der Waals surface area contributed by atoms with E-state index in [0.29, 0.717) is 6.54 Å². The second-order valence-electron chi connectivity index (χ2n) is 6.39. The number of carbonyl (C=O) groups is 1. The standard InChI is InChI=1S/C21H20N2O2/c24-21(11-16-7-4-8-17-12-22-10-9-18(16)17)25-20-14-23-13-19(20)15-5-2-1-3-6-15/h1-10,12,19-20,23H,11,13-14H2. The Bertz CT molecular complexity index is 874. The minimum atomic E-state index is -0.182. The Morgan fingerprint density at radius 2 is 1.96 bits per heavy atom. The van der Waals surface area contributed by atoms with Crippen LogP contribution in [0.5, 0.6) is 0 Å². The minimum Gasteiger partial charge on any atom is -0.460 e. The van der Waals surface area contributed by atoms with Crippen molar-refractivity contribution >= 4 is 16.7 Å². The summed E-state index contributed by atoms with van der Waals surface area (Å²) in [5, 5.41) is 5.43. The Balaban J connectivity index is 1.48. The summed E-state index contributed by atoms with van der Waals surface area (Å²) in [6.07, 6.45) is 3.73. The summed E-state index contributed by atoms with van der Waals surface area (Å²) in [7, 11) is 0. The molecule has 0 bridgehead atoms. The van der Waals surface area contributed by atoms with Gasteiger partial charge in [0.2, 0.25) is 0 Å². The van der Waals surface area contributed by atoms with E-state index in [2.05, 4.69) is 22.4 Å². The summed E-state index contributed by atoms with van der Waals surface area (Å²) in [5.41, 5.74) is 2.19. The van der Waals surface area contributed by atoms with Gasteiger partial charge in [-0.2, -0.15) is 0 Å². The summed E-state index contributed by atoms with van der Waals surface area (Å²) >= 11 is 0. The fourth-order valence-electron chi connectivity index (χ4n) is 3.52. The first-order valence-electron chi connectivity index (χ1n) is 8.58. The van der Waals surface area contributed by atoms with E-state index in [9.17, 15) is 4.79 Å². The number of esters is 1. The van der Waals surface area contributed by atoms with Gasteiger partial charge in [-0.1, -0.05) is 48.5 Å². The lowest BCUT2D eigenvalue weighted by Gasteiger charge is -2.19. The topological polar surface area (TPSA) is 51.2 Å². The van der Waals surface area contributed by atoms with E-state index in [4.69, 9.17) is 4.74 Å². The zero-order valence-electron chi connectivity index (χ0n) is 13.9. The highest BCUT2D eigenvalue weighted by Gasteiger charge is 2.31. The van der Waals surface area contributed by atoms with Crippen molar-refractivity contribution in [1.82, 2.24) is 10.3 Å². The molecule has 1 aromatic heterocycles.